The molecule has 0 aromatic carbocycles. The maximum atomic E-state index is 11.6. The van der Waals surface area contributed by atoms with Crippen molar-refractivity contribution in [1.29, 1.82) is 0 Å². The number of hydrogen-bond donors (Lipinski definition) is 1. The second kappa shape index (κ2) is 6.39. The number of pyridine rings is 1. The fourth-order valence-corrected chi connectivity index (χ4v) is 3.32. The van der Waals surface area contributed by atoms with Crippen LogP contribution in [0.4, 0.5) is 0 Å². The molecule has 2 unspecified atom stereocenters. The van der Waals surface area contributed by atoms with E-state index in [-0.39, 0.29) is 11.2 Å². The third-order valence-electron chi connectivity index (χ3n) is 2.76. The number of carbonyl (C=O) groups excluding carboxylic acids is 1. The van der Waals surface area contributed by atoms with Crippen LogP contribution in [0.5, 0.6) is 0 Å². The maximum absolute atomic E-state index is 11.6. The van der Waals surface area contributed by atoms with E-state index >= 15 is 0 Å². The number of aryl methyl sites for hydroxylation is 2. The Kier molecular flexibility index (Phi) is 5.38. The second-order valence-electron chi connectivity index (χ2n) is 5.17. The van der Waals surface area contributed by atoms with Gasteiger partial charge in [0, 0.05) is 10.9 Å². The largest absolute Gasteiger partial charge is 0.468 e. The molecule has 1 rings (SSSR count). The van der Waals surface area contributed by atoms with E-state index in [2.05, 4.69) is 4.98 Å². The first kappa shape index (κ1) is 16.0. The summed E-state index contributed by atoms with van der Waals surface area (Å²) in [5.74, 6) is -0.381. The van der Waals surface area contributed by atoms with Crippen LogP contribution in [0.3, 0.4) is 0 Å². The molecule has 1 aromatic heterocycles. The van der Waals surface area contributed by atoms with Crippen molar-refractivity contribution in [2.45, 2.75) is 49.9 Å². The third kappa shape index (κ3) is 4.84. The van der Waals surface area contributed by atoms with Gasteiger partial charge in [-0.3, -0.25) is 4.79 Å². The molecule has 0 saturated carbocycles. The highest BCUT2D eigenvalue weighted by molar-refractivity contribution is 7.99. The Labute approximate surface area is 119 Å². The smallest absolute Gasteiger partial charge is 0.325 e. The van der Waals surface area contributed by atoms with Crippen molar-refractivity contribution in [2.75, 3.05) is 7.11 Å². The molecular formula is C14H22N2O2S. The van der Waals surface area contributed by atoms with Crippen LogP contribution in [0.15, 0.2) is 17.2 Å². The van der Waals surface area contributed by atoms with E-state index in [4.69, 9.17) is 10.5 Å². The number of ether oxygens (including phenoxy) is 1. The summed E-state index contributed by atoms with van der Waals surface area (Å²) in [5, 5.41) is 1.15. The van der Waals surface area contributed by atoms with E-state index in [1.807, 2.05) is 32.9 Å². The number of nitrogens with zero attached hydrogens (tertiary/aromatic N) is 1. The van der Waals surface area contributed by atoms with Crippen LogP contribution in [0.1, 0.15) is 31.5 Å². The lowest BCUT2D eigenvalue weighted by atomic mass is 9.98. The van der Waals surface area contributed by atoms with E-state index in [0.717, 1.165) is 10.7 Å². The van der Waals surface area contributed by atoms with Crippen molar-refractivity contribution in [3.63, 3.8) is 0 Å². The fourth-order valence-electron chi connectivity index (χ4n) is 2.03. The van der Waals surface area contributed by atoms with Crippen LogP contribution in [-0.2, 0) is 9.53 Å². The van der Waals surface area contributed by atoms with Gasteiger partial charge < -0.3 is 10.5 Å². The quantitative estimate of drug-likeness (QED) is 0.664. The van der Waals surface area contributed by atoms with Crippen molar-refractivity contribution in [3.8, 4) is 0 Å². The Balaban J connectivity index is 2.69. The predicted octanol–water partition coefficient (Wildman–Crippen LogP) is 2.46. The highest BCUT2D eigenvalue weighted by atomic mass is 32.2. The van der Waals surface area contributed by atoms with Crippen LogP contribution in [0.2, 0.25) is 0 Å². The van der Waals surface area contributed by atoms with Gasteiger partial charge in [0.05, 0.1) is 12.1 Å². The molecule has 0 aliphatic rings. The van der Waals surface area contributed by atoms with Gasteiger partial charge in [-0.1, -0.05) is 6.92 Å². The molecule has 0 saturated heterocycles. The highest BCUT2D eigenvalue weighted by Gasteiger charge is 2.31. The van der Waals surface area contributed by atoms with Gasteiger partial charge in [0.15, 0.2) is 0 Å². The molecule has 0 amide bonds. The third-order valence-corrected chi connectivity index (χ3v) is 3.78. The van der Waals surface area contributed by atoms with E-state index in [0.29, 0.717) is 6.42 Å². The molecule has 5 heteroatoms. The number of hydrogen-bond acceptors (Lipinski definition) is 5. The number of carbonyl (C=O) groups is 1. The van der Waals surface area contributed by atoms with Crippen molar-refractivity contribution >= 4 is 17.7 Å². The first-order chi connectivity index (χ1) is 8.74. The standard InChI is InChI=1S/C14H22N2O2S/c1-9-6-10(2)16-12(7-9)19-11(3)8-14(4,15)13(17)18-5/h6-7,11H,8,15H2,1-5H3. The maximum Gasteiger partial charge on any atom is 0.325 e. The molecule has 1 heterocycles. The van der Waals surface area contributed by atoms with Gasteiger partial charge in [-0.15, -0.1) is 11.8 Å². The highest BCUT2D eigenvalue weighted by Crippen LogP contribution is 2.27. The van der Waals surface area contributed by atoms with Gasteiger partial charge >= 0.3 is 5.97 Å². The number of nitrogens with two attached hydrogens (primary N) is 1. The molecule has 4 nitrogen and oxygen atoms in total. The van der Waals surface area contributed by atoms with Crippen LogP contribution < -0.4 is 5.73 Å². The second-order valence-corrected chi connectivity index (χ2v) is 6.62. The topological polar surface area (TPSA) is 65.2 Å². The normalized spacial score (nSPS) is 15.7. The van der Waals surface area contributed by atoms with Crippen LogP contribution in [0, 0.1) is 13.8 Å². The number of esters is 1. The van der Waals surface area contributed by atoms with Gasteiger partial charge in [0.25, 0.3) is 0 Å². The molecule has 0 aliphatic heterocycles. The minimum Gasteiger partial charge on any atom is -0.468 e. The Bertz CT molecular complexity index is 441. The summed E-state index contributed by atoms with van der Waals surface area (Å²) in [4.78, 5) is 16.0. The molecular weight excluding hydrogens is 260 g/mol. The minimum absolute atomic E-state index is 0.183. The van der Waals surface area contributed by atoms with Gasteiger partial charge in [0.2, 0.25) is 0 Å². The molecule has 2 N–H and O–H groups in total. The predicted molar refractivity (Wildman–Crippen MR) is 78.3 cm³/mol. The van der Waals surface area contributed by atoms with E-state index in [1.54, 1.807) is 18.7 Å². The molecule has 2 atom stereocenters. The Morgan fingerprint density at radius 2 is 2.16 bits per heavy atom. The molecule has 0 bridgehead atoms. The summed E-state index contributed by atoms with van der Waals surface area (Å²) >= 11 is 1.63. The lowest BCUT2D eigenvalue weighted by molar-refractivity contribution is -0.146. The van der Waals surface area contributed by atoms with Gasteiger partial charge in [-0.2, -0.15) is 0 Å². The molecule has 1 aromatic rings. The van der Waals surface area contributed by atoms with Crippen molar-refractivity contribution in [3.05, 3.63) is 23.4 Å². The lowest BCUT2D eigenvalue weighted by Crippen LogP contribution is -2.47. The first-order valence-electron chi connectivity index (χ1n) is 6.24. The number of methoxy groups -OCH3 is 1. The van der Waals surface area contributed by atoms with Crippen LogP contribution in [-0.4, -0.2) is 28.9 Å². The van der Waals surface area contributed by atoms with Gasteiger partial charge in [0.1, 0.15) is 5.54 Å². The molecule has 0 aliphatic carbocycles. The van der Waals surface area contributed by atoms with Crippen LogP contribution >= 0.6 is 11.8 Å². The summed E-state index contributed by atoms with van der Waals surface area (Å²) in [7, 11) is 1.36. The zero-order valence-electron chi connectivity index (χ0n) is 12.2. The number of thioether (sulfide) groups is 1. The number of rotatable bonds is 5. The van der Waals surface area contributed by atoms with Crippen LogP contribution in [0.25, 0.3) is 0 Å². The SMILES string of the molecule is COC(=O)C(C)(N)CC(C)Sc1cc(C)cc(C)n1. The molecule has 0 spiro atoms. The molecule has 19 heavy (non-hydrogen) atoms. The van der Waals surface area contributed by atoms with E-state index in [9.17, 15) is 4.79 Å². The minimum atomic E-state index is -0.958. The Morgan fingerprint density at radius 3 is 2.68 bits per heavy atom. The Hall–Kier alpha value is -1.07. The van der Waals surface area contributed by atoms with E-state index < -0.39 is 5.54 Å². The summed E-state index contributed by atoms with van der Waals surface area (Å²) in [6.45, 7) is 7.76. The zero-order chi connectivity index (χ0) is 14.6. The summed E-state index contributed by atoms with van der Waals surface area (Å²) in [5.41, 5.74) is 7.20. The Morgan fingerprint density at radius 1 is 1.53 bits per heavy atom. The fraction of sp³-hybridized carbons (Fsp3) is 0.571. The average Bonchev–Trinajstić information content (AvgIpc) is 2.25. The lowest BCUT2D eigenvalue weighted by Gasteiger charge is -2.24. The first-order valence-corrected chi connectivity index (χ1v) is 7.12. The molecule has 106 valence electrons. The van der Waals surface area contributed by atoms with Gasteiger partial charge in [-0.05, 0) is 44.9 Å². The number of aromatic nitrogens is 1. The van der Waals surface area contributed by atoms with Crippen molar-refractivity contribution in [2.24, 2.45) is 5.73 Å². The zero-order valence-corrected chi connectivity index (χ0v) is 13.0. The molecule has 0 radical (unpaired) electrons. The van der Waals surface area contributed by atoms with Crippen molar-refractivity contribution in [1.82, 2.24) is 4.98 Å². The summed E-state index contributed by atoms with van der Waals surface area (Å²) < 4.78 is 4.72. The average molecular weight is 282 g/mol. The van der Waals surface area contributed by atoms with Gasteiger partial charge in [-0.25, -0.2) is 4.98 Å². The summed E-state index contributed by atoms with van der Waals surface area (Å²) in [6, 6.07) is 4.08. The van der Waals surface area contributed by atoms with E-state index in [1.165, 1.54) is 12.7 Å². The summed E-state index contributed by atoms with van der Waals surface area (Å²) in [6.07, 6.45) is 0.541. The molecule has 0 fully saturated rings. The van der Waals surface area contributed by atoms with Crippen molar-refractivity contribution < 1.29 is 9.53 Å². The monoisotopic (exact) mass is 282 g/mol.